The highest BCUT2D eigenvalue weighted by atomic mass is 35.5. The first kappa shape index (κ1) is 16.7. The lowest BCUT2D eigenvalue weighted by molar-refractivity contribution is -0.143. The van der Waals surface area contributed by atoms with E-state index in [1.54, 1.807) is 0 Å². The zero-order valence-corrected chi connectivity index (χ0v) is 13.4. The molecule has 0 radical (unpaired) electrons. The Balaban J connectivity index is 2.40. The molecule has 0 spiro atoms. The lowest BCUT2D eigenvalue weighted by Crippen LogP contribution is -2.26. The molecule has 0 fully saturated rings. The van der Waals surface area contributed by atoms with Gasteiger partial charge in [0, 0.05) is 7.05 Å². The number of nitrogens with zero attached hydrogens (tertiary/aromatic N) is 1. The van der Waals surface area contributed by atoms with Crippen LogP contribution in [0.5, 0.6) is 0 Å². The Bertz CT molecular complexity index is 1080. The third-order valence-electron chi connectivity index (χ3n) is 3.47. The van der Waals surface area contributed by atoms with E-state index in [-0.39, 0.29) is 32.1 Å². The maximum Gasteiger partial charge on any atom is 0.431 e. The van der Waals surface area contributed by atoms with Gasteiger partial charge >= 0.3 is 6.18 Å². The summed E-state index contributed by atoms with van der Waals surface area (Å²) in [6, 6.07) is 2.51. The van der Waals surface area contributed by atoms with Gasteiger partial charge in [0.15, 0.2) is 5.58 Å². The largest absolute Gasteiger partial charge is 0.431 e. The average molecular weight is 379 g/mol. The fourth-order valence-corrected chi connectivity index (χ4v) is 2.83. The highest BCUT2D eigenvalue weighted by molar-refractivity contribution is 7.71. The van der Waals surface area contributed by atoms with Crippen LogP contribution in [0, 0.1) is 10.7 Å². The molecule has 2 heterocycles. The van der Waals surface area contributed by atoms with Gasteiger partial charge in [-0.3, -0.25) is 4.79 Å². The molecule has 0 saturated heterocycles. The molecular weight excluding hydrogens is 372 g/mol. The third kappa shape index (κ3) is 2.53. The fourth-order valence-electron chi connectivity index (χ4n) is 2.41. The van der Waals surface area contributed by atoms with Gasteiger partial charge in [0.25, 0.3) is 10.4 Å². The summed E-state index contributed by atoms with van der Waals surface area (Å²) in [5.41, 5.74) is -2.70. The topological polar surface area (TPSA) is 50.9 Å². The molecule has 10 heteroatoms. The zero-order valence-electron chi connectivity index (χ0n) is 11.8. The lowest BCUT2D eigenvalue weighted by atomic mass is 10.0. The number of alkyl halides is 3. The van der Waals surface area contributed by atoms with Crippen LogP contribution in [-0.2, 0) is 13.2 Å². The molecule has 0 atom stereocenters. The van der Waals surface area contributed by atoms with E-state index in [2.05, 4.69) is 4.98 Å². The minimum absolute atomic E-state index is 0.00172. The first-order valence-corrected chi connectivity index (χ1v) is 7.18. The molecule has 0 bridgehead atoms. The van der Waals surface area contributed by atoms with Crippen LogP contribution in [0.4, 0.5) is 17.6 Å². The number of aromatic amines is 1. The van der Waals surface area contributed by atoms with Crippen LogP contribution in [-0.4, -0.2) is 9.55 Å². The predicted octanol–water partition coefficient (Wildman–Crippen LogP) is 4.67. The SMILES string of the molecule is Cn1c(C(F)(F)F)ccc(-c2c(F)cc(Cl)c3oc(=S)[nH]c23)c1=O. The van der Waals surface area contributed by atoms with Crippen LogP contribution >= 0.6 is 23.8 Å². The Morgan fingerprint density at radius 1 is 1.33 bits per heavy atom. The minimum Gasteiger partial charge on any atom is -0.428 e. The first-order chi connectivity index (χ1) is 11.1. The number of halogens is 5. The third-order valence-corrected chi connectivity index (χ3v) is 3.94. The molecule has 3 aromatic rings. The second-order valence-electron chi connectivity index (χ2n) is 4.93. The predicted molar refractivity (Wildman–Crippen MR) is 82.0 cm³/mol. The van der Waals surface area contributed by atoms with E-state index in [1.807, 2.05) is 0 Å². The normalized spacial score (nSPS) is 12.1. The van der Waals surface area contributed by atoms with E-state index in [4.69, 9.17) is 28.2 Å². The molecule has 0 amide bonds. The smallest absolute Gasteiger partial charge is 0.428 e. The van der Waals surface area contributed by atoms with Gasteiger partial charge in [0.1, 0.15) is 11.5 Å². The van der Waals surface area contributed by atoms with Gasteiger partial charge in [-0.15, -0.1) is 0 Å². The number of nitrogens with one attached hydrogen (secondary N) is 1. The van der Waals surface area contributed by atoms with Crippen molar-refractivity contribution in [3.8, 4) is 11.1 Å². The van der Waals surface area contributed by atoms with Crippen LogP contribution in [0.1, 0.15) is 5.69 Å². The summed E-state index contributed by atoms with van der Waals surface area (Å²) in [7, 11) is 0.956. The lowest BCUT2D eigenvalue weighted by Gasteiger charge is -2.13. The number of H-pyrrole nitrogens is 1. The Morgan fingerprint density at radius 2 is 2.00 bits per heavy atom. The zero-order chi connectivity index (χ0) is 17.8. The first-order valence-electron chi connectivity index (χ1n) is 6.39. The number of hydrogen-bond acceptors (Lipinski definition) is 3. The van der Waals surface area contributed by atoms with Gasteiger partial charge in [0.2, 0.25) is 0 Å². The number of oxazole rings is 1. The molecule has 0 aliphatic heterocycles. The molecule has 1 N–H and O–H groups in total. The van der Waals surface area contributed by atoms with Crippen LogP contribution in [0.15, 0.2) is 27.4 Å². The van der Waals surface area contributed by atoms with Gasteiger partial charge in [0.05, 0.1) is 21.7 Å². The quantitative estimate of drug-likeness (QED) is 0.494. The summed E-state index contributed by atoms with van der Waals surface area (Å²) >= 11 is 10.7. The van der Waals surface area contributed by atoms with E-state index in [1.165, 1.54) is 0 Å². The fraction of sp³-hybridized carbons (Fsp3) is 0.143. The molecule has 0 unspecified atom stereocenters. The summed E-state index contributed by atoms with van der Waals surface area (Å²) < 4.78 is 58.5. The van der Waals surface area contributed by atoms with Crippen molar-refractivity contribution in [1.82, 2.24) is 9.55 Å². The number of hydrogen-bond donors (Lipinski definition) is 1. The second-order valence-corrected chi connectivity index (χ2v) is 5.71. The maximum absolute atomic E-state index is 14.4. The van der Waals surface area contributed by atoms with Crippen LogP contribution in [0.25, 0.3) is 22.2 Å². The van der Waals surface area contributed by atoms with Crippen LogP contribution in [0.3, 0.4) is 0 Å². The summed E-state index contributed by atoms with van der Waals surface area (Å²) in [4.78, 5) is 14.8. The number of aromatic nitrogens is 2. The molecular formula is C14H7ClF4N2O2S. The number of rotatable bonds is 1. The van der Waals surface area contributed by atoms with Gasteiger partial charge in [-0.2, -0.15) is 13.2 Å². The van der Waals surface area contributed by atoms with Crippen molar-refractivity contribution in [3.05, 3.63) is 49.9 Å². The molecule has 2 aromatic heterocycles. The second kappa shape index (κ2) is 5.45. The number of fused-ring (bicyclic) bond motifs is 1. The molecule has 1 aromatic carbocycles. The molecule has 0 saturated carbocycles. The van der Waals surface area contributed by atoms with Crippen molar-refractivity contribution in [2.75, 3.05) is 0 Å². The van der Waals surface area contributed by atoms with E-state index in [0.717, 1.165) is 19.2 Å². The summed E-state index contributed by atoms with van der Waals surface area (Å²) in [5.74, 6) is -0.892. The van der Waals surface area contributed by atoms with E-state index in [9.17, 15) is 22.4 Å². The van der Waals surface area contributed by atoms with E-state index in [0.29, 0.717) is 10.6 Å². The van der Waals surface area contributed by atoms with E-state index >= 15 is 0 Å². The summed E-state index contributed by atoms with van der Waals surface area (Å²) in [6.45, 7) is 0. The van der Waals surface area contributed by atoms with Crippen LogP contribution < -0.4 is 5.56 Å². The van der Waals surface area contributed by atoms with Crippen molar-refractivity contribution in [2.24, 2.45) is 7.05 Å². The van der Waals surface area contributed by atoms with Gasteiger partial charge < -0.3 is 14.0 Å². The average Bonchev–Trinajstić information content (AvgIpc) is 2.84. The van der Waals surface area contributed by atoms with Gasteiger partial charge in [-0.05, 0) is 30.4 Å². The highest BCUT2D eigenvalue weighted by Gasteiger charge is 2.34. The number of benzene rings is 1. The van der Waals surface area contributed by atoms with Crippen molar-refractivity contribution in [3.63, 3.8) is 0 Å². The standard InChI is InChI=1S/C14H7ClF4N2O2S/c1-21-8(14(17,18)19)3-2-5(12(21)22)9-7(16)4-6(15)11-10(9)20-13(24)23-11/h2-4H,1H3,(H,20,24). The summed E-state index contributed by atoms with van der Waals surface area (Å²) in [5, 5.41) is -0.0812. The number of pyridine rings is 1. The van der Waals surface area contributed by atoms with Gasteiger partial charge in [-0.25, -0.2) is 4.39 Å². The molecule has 0 aliphatic carbocycles. The minimum atomic E-state index is -4.71. The van der Waals surface area contributed by atoms with Crippen molar-refractivity contribution < 1.29 is 22.0 Å². The Hall–Kier alpha value is -2.13. The monoisotopic (exact) mass is 378 g/mol. The molecule has 4 nitrogen and oxygen atoms in total. The van der Waals surface area contributed by atoms with Crippen molar-refractivity contribution in [1.29, 1.82) is 0 Å². The van der Waals surface area contributed by atoms with Crippen molar-refractivity contribution >= 4 is 34.9 Å². The Morgan fingerprint density at radius 3 is 2.62 bits per heavy atom. The highest BCUT2D eigenvalue weighted by Crippen LogP contribution is 2.35. The van der Waals surface area contributed by atoms with Gasteiger partial charge in [-0.1, -0.05) is 11.6 Å². The molecule has 126 valence electrons. The Labute approximate surface area is 141 Å². The molecule has 0 aliphatic rings. The molecule has 24 heavy (non-hydrogen) atoms. The van der Waals surface area contributed by atoms with Crippen molar-refractivity contribution in [2.45, 2.75) is 6.18 Å². The van der Waals surface area contributed by atoms with E-state index < -0.39 is 23.2 Å². The van der Waals surface area contributed by atoms with Crippen LogP contribution in [0.2, 0.25) is 5.02 Å². The molecule has 3 rings (SSSR count). The summed E-state index contributed by atoms with van der Waals surface area (Å²) in [6.07, 6.45) is -4.71. The maximum atomic E-state index is 14.4. The Kier molecular flexibility index (Phi) is 3.80.